The van der Waals surface area contributed by atoms with Crippen LogP contribution < -0.4 is 10.1 Å². The predicted octanol–water partition coefficient (Wildman–Crippen LogP) is 4.67. The molecular weight excluding hydrogens is 410 g/mol. The number of aryl methyl sites for hydroxylation is 1. The molecule has 0 aliphatic rings. The van der Waals surface area contributed by atoms with Gasteiger partial charge in [0.05, 0.1) is 10.5 Å². The minimum absolute atomic E-state index is 0.186. The molecule has 0 aromatic heterocycles. The molecule has 3 rings (SSSR count). The van der Waals surface area contributed by atoms with E-state index in [2.05, 4.69) is 5.32 Å². The fourth-order valence-corrected chi connectivity index (χ4v) is 2.73. The predicted molar refractivity (Wildman–Crippen MR) is 118 cm³/mol. The molecule has 0 aliphatic heterocycles. The molecule has 0 saturated carbocycles. The van der Waals surface area contributed by atoms with Crippen LogP contribution in [0.1, 0.15) is 21.5 Å². The summed E-state index contributed by atoms with van der Waals surface area (Å²) in [7, 11) is 0. The normalized spacial score (nSPS) is 10.7. The van der Waals surface area contributed by atoms with Crippen LogP contribution in [0.2, 0.25) is 0 Å². The molecule has 0 heterocycles. The third kappa shape index (κ3) is 5.64. The summed E-state index contributed by atoms with van der Waals surface area (Å²) in [5.41, 5.74) is 1.65. The average Bonchev–Trinajstić information content (AvgIpc) is 2.78. The van der Waals surface area contributed by atoms with Gasteiger partial charge in [0.1, 0.15) is 17.4 Å². The lowest BCUT2D eigenvalue weighted by atomic mass is 10.1. The third-order valence-electron chi connectivity index (χ3n) is 4.35. The van der Waals surface area contributed by atoms with Crippen LogP contribution in [0.5, 0.6) is 5.75 Å². The number of hydrogen-bond acceptors (Lipinski definition) is 6. The largest absolute Gasteiger partial charge is 0.423 e. The highest BCUT2D eigenvalue weighted by atomic mass is 16.6. The number of nitro benzene ring substituents is 1. The van der Waals surface area contributed by atoms with Gasteiger partial charge in [0.2, 0.25) is 0 Å². The lowest BCUT2D eigenvalue weighted by Crippen LogP contribution is -2.13. The number of nitrogens with zero attached hydrogens (tertiary/aromatic N) is 2. The van der Waals surface area contributed by atoms with Gasteiger partial charge in [0.25, 0.3) is 11.6 Å². The van der Waals surface area contributed by atoms with E-state index in [9.17, 15) is 25.0 Å². The molecule has 1 amide bonds. The number of nitriles is 1. The number of nitrogens with one attached hydrogen (secondary N) is 1. The Morgan fingerprint density at radius 3 is 2.47 bits per heavy atom. The summed E-state index contributed by atoms with van der Waals surface area (Å²) in [6.07, 6.45) is 1.33. The van der Waals surface area contributed by atoms with Crippen LogP contribution in [0.25, 0.3) is 6.08 Å². The number of carbonyl (C=O) groups is 2. The first-order chi connectivity index (χ1) is 15.4. The summed E-state index contributed by atoms with van der Waals surface area (Å²) in [4.78, 5) is 35.0. The first kappa shape index (κ1) is 21.9. The molecule has 32 heavy (non-hydrogen) atoms. The maximum atomic E-state index is 12.4. The SMILES string of the molecule is Cc1ccc(C(=O)Oc2cccc(/C=C(\C#N)C(=O)Nc3cccc([N+](=O)[O-])c3)c2)cc1. The molecule has 0 saturated heterocycles. The van der Waals surface area contributed by atoms with Gasteiger partial charge in [-0.25, -0.2) is 4.79 Å². The van der Waals surface area contributed by atoms with E-state index in [1.807, 2.05) is 6.92 Å². The number of carbonyl (C=O) groups excluding carboxylic acids is 2. The monoisotopic (exact) mass is 427 g/mol. The average molecular weight is 427 g/mol. The van der Waals surface area contributed by atoms with Gasteiger partial charge in [-0.3, -0.25) is 14.9 Å². The van der Waals surface area contributed by atoms with Crippen molar-refractivity contribution in [1.82, 2.24) is 0 Å². The second-order valence-corrected chi connectivity index (χ2v) is 6.76. The van der Waals surface area contributed by atoms with Crippen LogP contribution in [-0.2, 0) is 4.79 Å². The number of anilines is 1. The molecule has 0 radical (unpaired) electrons. The van der Waals surface area contributed by atoms with Gasteiger partial charge >= 0.3 is 5.97 Å². The van der Waals surface area contributed by atoms with Crippen molar-refractivity contribution >= 4 is 29.3 Å². The van der Waals surface area contributed by atoms with Crippen LogP contribution in [0, 0.1) is 28.4 Å². The molecule has 8 heteroatoms. The van der Waals surface area contributed by atoms with Crippen molar-refractivity contribution in [3.8, 4) is 11.8 Å². The van der Waals surface area contributed by atoms with E-state index < -0.39 is 16.8 Å². The lowest BCUT2D eigenvalue weighted by Gasteiger charge is -2.06. The number of rotatable bonds is 6. The Kier molecular flexibility index (Phi) is 6.73. The van der Waals surface area contributed by atoms with Crippen molar-refractivity contribution in [1.29, 1.82) is 5.26 Å². The van der Waals surface area contributed by atoms with Crippen molar-refractivity contribution in [3.05, 3.63) is 105 Å². The van der Waals surface area contributed by atoms with E-state index in [4.69, 9.17) is 4.74 Å². The zero-order valence-electron chi connectivity index (χ0n) is 16.9. The van der Waals surface area contributed by atoms with Crippen molar-refractivity contribution in [2.75, 3.05) is 5.32 Å². The molecule has 0 bridgehead atoms. The van der Waals surface area contributed by atoms with Crippen molar-refractivity contribution in [2.24, 2.45) is 0 Å². The first-order valence-corrected chi connectivity index (χ1v) is 9.42. The Morgan fingerprint density at radius 2 is 1.78 bits per heavy atom. The Hall–Kier alpha value is -4.77. The summed E-state index contributed by atoms with van der Waals surface area (Å²) in [5, 5.41) is 22.7. The number of amides is 1. The van der Waals surface area contributed by atoms with Crippen LogP contribution in [0.15, 0.2) is 78.4 Å². The number of ether oxygens (including phenoxy) is 1. The van der Waals surface area contributed by atoms with Gasteiger partial charge < -0.3 is 10.1 Å². The van der Waals surface area contributed by atoms with E-state index in [0.717, 1.165) is 5.56 Å². The second-order valence-electron chi connectivity index (χ2n) is 6.76. The third-order valence-corrected chi connectivity index (χ3v) is 4.35. The number of non-ortho nitro benzene ring substituents is 1. The highest BCUT2D eigenvalue weighted by Gasteiger charge is 2.13. The molecule has 3 aromatic carbocycles. The van der Waals surface area contributed by atoms with Crippen LogP contribution in [0.3, 0.4) is 0 Å². The standard InChI is InChI=1S/C24H17N3O5/c1-16-8-10-18(11-9-16)24(29)32-22-7-2-4-17(13-22)12-19(15-25)23(28)26-20-5-3-6-21(14-20)27(30)31/h2-14H,1H3,(H,26,28)/b19-12+. The van der Waals surface area contributed by atoms with Crippen LogP contribution >= 0.6 is 0 Å². The Balaban J connectivity index is 1.76. The number of esters is 1. The van der Waals surface area contributed by atoms with Crippen molar-refractivity contribution in [3.63, 3.8) is 0 Å². The minimum atomic E-state index is -0.727. The fraction of sp³-hybridized carbons (Fsp3) is 0.0417. The molecule has 0 spiro atoms. The summed E-state index contributed by atoms with van der Waals surface area (Å²) < 4.78 is 5.37. The molecule has 3 aromatic rings. The molecule has 8 nitrogen and oxygen atoms in total. The van der Waals surface area contributed by atoms with Gasteiger partial charge in [0.15, 0.2) is 0 Å². The number of benzene rings is 3. The highest BCUT2D eigenvalue weighted by Crippen LogP contribution is 2.20. The zero-order valence-corrected chi connectivity index (χ0v) is 16.9. The van der Waals surface area contributed by atoms with Gasteiger partial charge in [-0.05, 0) is 48.9 Å². The molecule has 0 fully saturated rings. The summed E-state index contributed by atoms with van der Waals surface area (Å²) in [6, 6.07) is 20.5. The van der Waals surface area contributed by atoms with E-state index in [0.29, 0.717) is 11.1 Å². The highest BCUT2D eigenvalue weighted by molar-refractivity contribution is 6.09. The Labute approximate surface area is 183 Å². The topological polar surface area (TPSA) is 122 Å². The van der Waals surface area contributed by atoms with Gasteiger partial charge in [-0.15, -0.1) is 0 Å². The summed E-state index contributed by atoms with van der Waals surface area (Å²) in [5.74, 6) is -1.01. The molecule has 158 valence electrons. The quantitative estimate of drug-likeness (QED) is 0.152. The van der Waals surface area contributed by atoms with Gasteiger partial charge in [-0.2, -0.15) is 5.26 Å². The van der Waals surface area contributed by atoms with E-state index >= 15 is 0 Å². The van der Waals surface area contributed by atoms with Crippen molar-refractivity contribution in [2.45, 2.75) is 6.92 Å². The smallest absolute Gasteiger partial charge is 0.343 e. The Bertz CT molecular complexity index is 1260. The van der Waals surface area contributed by atoms with Crippen LogP contribution in [-0.4, -0.2) is 16.8 Å². The number of nitro groups is 1. The second kappa shape index (κ2) is 9.82. The van der Waals surface area contributed by atoms with E-state index in [1.165, 1.54) is 36.4 Å². The lowest BCUT2D eigenvalue weighted by molar-refractivity contribution is -0.384. The van der Waals surface area contributed by atoms with E-state index in [1.54, 1.807) is 48.5 Å². The Morgan fingerprint density at radius 1 is 1.06 bits per heavy atom. The van der Waals surface area contributed by atoms with Crippen LogP contribution in [0.4, 0.5) is 11.4 Å². The van der Waals surface area contributed by atoms with E-state index in [-0.39, 0.29) is 22.7 Å². The number of hydrogen-bond donors (Lipinski definition) is 1. The van der Waals surface area contributed by atoms with Gasteiger partial charge in [-0.1, -0.05) is 35.9 Å². The molecule has 0 atom stereocenters. The fourth-order valence-electron chi connectivity index (χ4n) is 2.73. The zero-order chi connectivity index (χ0) is 23.1. The molecule has 0 unspecified atom stereocenters. The molecule has 1 N–H and O–H groups in total. The molecular formula is C24H17N3O5. The summed E-state index contributed by atoms with van der Waals surface area (Å²) in [6.45, 7) is 1.91. The minimum Gasteiger partial charge on any atom is -0.423 e. The maximum absolute atomic E-state index is 12.4. The first-order valence-electron chi connectivity index (χ1n) is 9.42. The summed E-state index contributed by atoms with van der Waals surface area (Å²) >= 11 is 0. The van der Waals surface area contributed by atoms with Gasteiger partial charge in [0, 0.05) is 17.8 Å². The maximum Gasteiger partial charge on any atom is 0.343 e. The van der Waals surface area contributed by atoms with Crippen molar-refractivity contribution < 1.29 is 19.2 Å². The molecule has 0 aliphatic carbocycles.